The number of aromatic hydroxyl groups is 1. The summed E-state index contributed by atoms with van der Waals surface area (Å²) in [5, 5.41) is 12.3. The topological polar surface area (TPSA) is 49.3 Å². The zero-order valence-corrected chi connectivity index (χ0v) is 12.3. The molecule has 0 saturated carbocycles. The molecule has 2 aromatic rings. The van der Waals surface area contributed by atoms with Crippen LogP contribution >= 0.6 is 11.8 Å². The van der Waals surface area contributed by atoms with E-state index in [9.17, 15) is 9.90 Å². The Morgan fingerprint density at radius 1 is 1.20 bits per heavy atom. The highest BCUT2D eigenvalue weighted by Gasteiger charge is 2.07. The number of rotatable bonds is 4. The second kappa shape index (κ2) is 6.48. The number of carbonyl (C=O) groups is 1. The Morgan fingerprint density at radius 3 is 2.70 bits per heavy atom. The largest absolute Gasteiger partial charge is 0.508 e. The molecule has 0 spiro atoms. The second-order valence-corrected chi connectivity index (χ2v) is 5.63. The average Bonchev–Trinajstić information content (AvgIpc) is 2.42. The summed E-state index contributed by atoms with van der Waals surface area (Å²) in [6.07, 6.45) is 0. The Bertz CT molecular complexity index is 626. The van der Waals surface area contributed by atoms with Gasteiger partial charge in [-0.05, 0) is 49.2 Å². The fourth-order valence-corrected chi connectivity index (χ4v) is 2.54. The summed E-state index contributed by atoms with van der Waals surface area (Å²) in [7, 11) is 0. The maximum absolute atomic E-state index is 11.9. The molecule has 0 unspecified atom stereocenters. The van der Waals surface area contributed by atoms with E-state index in [0.29, 0.717) is 5.75 Å². The van der Waals surface area contributed by atoms with Crippen molar-refractivity contribution in [3.05, 3.63) is 53.6 Å². The summed E-state index contributed by atoms with van der Waals surface area (Å²) in [6.45, 7) is 4.01. The van der Waals surface area contributed by atoms with E-state index in [0.717, 1.165) is 21.7 Å². The van der Waals surface area contributed by atoms with Crippen LogP contribution in [0.25, 0.3) is 0 Å². The molecule has 0 radical (unpaired) electrons. The molecule has 0 aliphatic carbocycles. The fraction of sp³-hybridized carbons (Fsp3) is 0.188. The Labute approximate surface area is 123 Å². The Hall–Kier alpha value is -1.94. The van der Waals surface area contributed by atoms with E-state index in [1.165, 1.54) is 11.8 Å². The molecular formula is C16H17NO2S. The predicted octanol–water partition coefficient (Wildman–Crippen LogP) is 3.74. The maximum Gasteiger partial charge on any atom is 0.234 e. The average molecular weight is 287 g/mol. The van der Waals surface area contributed by atoms with Crippen molar-refractivity contribution in [3.8, 4) is 5.75 Å². The Kier molecular flexibility index (Phi) is 4.69. The number of nitrogens with one attached hydrogen (secondary N) is 1. The number of carbonyl (C=O) groups excluding carboxylic acids is 1. The molecule has 2 N–H and O–H groups in total. The minimum atomic E-state index is -0.0490. The van der Waals surface area contributed by atoms with E-state index in [4.69, 9.17) is 0 Å². The number of phenolic OH excluding ortho intramolecular Hbond substituents is 1. The molecule has 104 valence electrons. The van der Waals surface area contributed by atoms with Crippen LogP contribution in [0.3, 0.4) is 0 Å². The highest BCUT2D eigenvalue weighted by molar-refractivity contribution is 8.00. The predicted molar refractivity (Wildman–Crippen MR) is 83.4 cm³/mol. The summed E-state index contributed by atoms with van der Waals surface area (Å²) < 4.78 is 0. The van der Waals surface area contributed by atoms with Crippen molar-refractivity contribution in [1.29, 1.82) is 0 Å². The number of thioether (sulfide) groups is 1. The monoisotopic (exact) mass is 287 g/mol. The third kappa shape index (κ3) is 3.78. The second-order valence-electron chi connectivity index (χ2n) is 4.58. The van der Waals surface area contributed by atoms with Crippen LogP contribution in [0.2, 0.25) is 0 Å². The van der Waals surface area contributed by atoms with Crippen LogP contribution in [-0.4, -0.2) is 16.8 Å². The van der Waals surface area contributed by atoms with Crippen molar-refractivity contribution in [1.82, 2.24) is 0 Å². The number of phenols is 1. The summed E-state index contributed by atoms with van der Waals surface area (Å²) in [5.41, 5.74) is 3.10. The van der Waals surface area contributed by atoms with Crippen LogP contribution in [0, 0.1) is 13.8 Å². The van der Waals surface area contributed by atoms with Crippen molar-refractivity contribution in [2.75, 3.05) is 11.1 Å². The SMILES string of the molecule is Cc1cccc(NC(=O)CSc2cccc(O)c2)c1C. The van der Waals surface area contributed by atoms with E-state index in [-0.39, 0.29) is 11.7 Å². The fourth-order valence-electron chi connectivity index (χ4n) is 1.79. The number of amides is 1. The summed E-state index contributed by atoms with van der Waals surface area (Å²) in [6, 6.07) is 12.7. The van der Waals surface area contributed by atoms with Crippen LogP contribution in [0.1, 0.15) is 11.1 Å². The normalized spacial score (nSPS) is 10.3. The first-order valence-corrected chi connectivity index (χ1v) is 7.33. The third-order valence-corrected chi connectivity index (χ3v) is 4.06. The van der Waals surface area contributed by atoms with Gasteiger partial charge < -0.3 is 10.4 Å². The van der Waals surface area contributed by atoms with Crippen LogP contribution in [0.4, 0.5) is 5.69 Å². The molecule has 2 rings (SSSR count). The van der Waals surface area contributed by atoms with Crippen LogP contribution in [0.5, 0.6) is 5.75 Å². The van der Waals surface area contributed by atoms with Crippen molar-refractivity contribution in [3.63, 3.8) is 0 Å². The lowest BCUT2D eigenvalue weighted by Crippen LogP contribution is -2.15. The van der Waals surface area contributed by atoms with Gasteiger partial charge in [0.25, 0.3) is 0 Å². The van der Waals surface area contributed by atoms with E-state index in [2.05, 4.69) is 5.32 Å². The van der Waals surface area contributed by atoms with Crippen LogP contribution in [0.15, 0.2) is 47.4 Å². The molecular weight excluding hydrogens is 270 g/mol. The van der Waals surface area contributed by atoms with Gasteiger partial charge in [0.1, 0.15) is 5.75 Å². The highest BCUT2D eigenvalue weighted by Crippen LogP contribution is 2.23. The summed E-state index contributed by atoms with van der Waals surface area (Å²) in [4.78, 5) is 12.8. The molecule has 0 fully saturated rings. The lowest BCUT2D eigenvalue weighted by atomic mass is 10.1. The third-order valence-electron chi connectivity index (χ3n) is 3.07. The lowest BCUT2D eigenvalue weighted by Gasteiger charge is -2.10. The van der Waals surface area contributed by atoms with Gasteiger partial charge in [-0.25, -0.2) is 0 Å². The zero-order chi connectivity index (χ0) is 14.5. The van der Waals surface area contributed by atoms with Crippen molar-refractivity contribution in [2.24, 2.45) is 0 Å². The van der Waals surface area contributed by atoms with Gasteiger partial charge >= 0.3 is 0 Å². The van der Waals surface area contributed by atoms with Gasteiger partial charge in [0.05, 0.1) is 5.75 Å². The minimum Gasteiger partial charge on any atom is -0.508 e. The summed E-state index contributed by atoms with van der Waals surface area (Å²) in [5.74, 6) is 0.480. The van der Waals surface area contributed by atoms with Crippen molar-refractivity contribution < 1.29 is 9.90 Å². The van der Waals surface area contributed by atoms with E-state index < -0.39 is 0 Å². The van der Waals surface area contributed by atoms with Gasteiger partial charge in [0.2, 0.25) is 5.91 Å². The number of anilines is 1. The smallest absolute Gasteiger partial charge is 0.234 e. The van der Waals surface area contributed by atoms with Crippen molar-refractivity contribution in [2.45, 2.75) is 18.7 Å². The number of hydrogen-bond donors (Lipinski definition) is 2. The quantitative estimate of drug-likeness (QED) is 0.842. The lowest BCUT2D eigenvalue weighted by molar-refractivity contribution is -0.113. The summed E-state index contributed by atoms with van der Waals surface area (Å²) >= 11 is 1.40. The molecule has 0 aliphatic heterocycles. The van der Waals surface area contributed by atoms with Crippen LogP contribution in [-0.2, 0) is 4.79 Å². The number of benzene rings is 2. The number of aryl methyl sites for hydroxylation is 1. The number of hydrogen-bond acceptors (Lipinski definition) is 3. The van der Waals surface area contributed by atoms with Gasteiger partial charge in [-0.2, -0.15) is 0 Å². The van der Waals surface area contributed by atoms with Crippen molar-refractivity contribution >= 4 is 23.4 Å². The molecule has 3 nitrogen and oxygen atoms in total. The zero-order valence-electron chi connectivity index (χ0n) is 11.5. The molecule has 0 heterocycles. The molecule has 0 aliphatic rings. The van der Waals surface area contributed by atoms with E-state index in [1.807, 2.05) is 38.1 Å². The molecule has 0 aromatic heterocycles. The van der Waals surface area contributed by atoms with Gasteiger partial charge in [-0.15, -0.1) is 11.8 Å². The molecule has 2 aromatic carbocycles. The van der Waals surface area contributed by atoms with Gasteiger partial charge in [0, 0.05) is 10.6 Å². The highest BCUT2D eigenvalue weighted by atomic mass is 32.2. The minimum absolute atomic E-state index is 0.0490. The molecule has 1 amide bonds. The standard InChI is InChI=1S/C16H17NO2S/c1-11-5-3-8-15(12(11)2)17-16(19)10-20-14-7-4-6-13(18)9-14/h3-9,18H,10H2,1-2H3,(H,17,19). The van der Waals surface area contributed by atoms with Gasteiger partial charge in [-0.3, -0.25) is 4.79 Å². The molecule has 20 heavy (non-hydrogen) atoms. The first-order chi connectivity index (χ1) is 9.56. The Morgan fingerprint density at radius 2 is 1.95 bits per heavy atom. The first-order valence-electron chi connectivity index (χ1n) is 6.34. The van der Waals surface area contributed by atoms with E-state index >= 15 is 0 Å². The van der Waals surface area contributed by atoms with E-state index in [1.54, 1.807) is 18.2 Å². The van der Waals surface area contributed by atoms with Gasteiger partial charge in [0.15, 0.2) is 0 Å². The Balaban J connectivity index is 1.94. The maximum atomic E-state index is 11.9. The molecule has 0 saturated heterocycles. The van der Waals surface area contributed by atoms with Gasteiger partial charge in [-0.1, -0.05) is 18.2 Å². The first kappa shape index (κ1) is 14.5. The molecule has 0 atom stereocenters. The molecule has 0 bridgehead atoms. The van der Waals surface area contributed by atoms with Crippen LogP contribution < -0.4 is 5.32 Å². The molecule has 4 heteroatoms.